The number of anilines is 2. The van der Waals surface area contributed by atoms with Crippen molar-refractivity contribution in [1.82, 2.24) is 20.1 Å². The quantitative estimate of drug-likeness (QED) is 0.429. The molecule has 0 bridgehead atoms. The van der Waals surface area contributed by atoms with Crippen molar-refractivity contribution < 1.29 is 27.8 Å². The molecule has 2 aliphatic rings. The molecule has 5 rings (SSSR count). The monoisotopic (exact) mass is 583 g/mol. The summed E-state index contributed by atoms with van der Waals surface area (Å²) in [5.74, 6) is 0.724. The molecule has 2 aliphatic heterocycles. The number of aliphatic hydroxyl groups excluding tert-OH is 1. The highest BCUT2D eigenvalue weighted by Gasteiger charge is 2.41. The number of hydrogen-bond acceptors (Lipinski definition) is 9. The van der Waals surface area contributed by atoms with Gasteiger partial charge in [0.2, 0.25) is 0 Å². The van der Waals surface area contributed by atoms with Gasteiger partial charge in [0.05, 0.1) is 36.1 Å². The molecule has 11 nitrogen and oxygen atoms in total. The largest absolute Gasteiger partial charge is 0.491 e. The Morgan fingerprint density at radius 1 is 1.17 bits per heavy atom. The van der Waals surface area contributed by atoms with Crippen LogP contribution in [-0.4, -0.2) is 82.6 Å². The lowest BCUT2D eigenvalue weighted by Crippen LogP contribution is -2.57. The average Bonchev–Trinajstić information content (AvgIpc) is 3.47. The average molecular weight is 584 g/mol. The van der Waals surface area contributed by atoms with Gasteiger partial charge in [-0.25, -0.2) is 10.1 Å². The van der Waals surface area contributed by atoms with Crippen molar-refractivity contribution in [2.24, 2.45) is 0 Å². The maximum Gasteiger partial charge on any atom is 0.423 e. The maximum absolute atomic E-state index is 13.6. The number of nitrogens with one attached hydrogen (secondary N) is 1. The molecule has 2 N–H and O–H groups in total. The number of benzene rings is 1. The first kappa shape index (κ1) is 28.9. The summed E-state index contributed by atoms with van der Waals surface area (Å²) >= 11 is 0. The zero-order valence-corrected chi connectivity index (χ0v) is 22.4. The van der Waals surface area contributed by atoms with Gasteiger partial charge in [-0.15, -0.1) is 0 Å². The molecule has 0 radical (unpaired) electrons. The smallest absolute Gasteiger partial charge is 0.423 e. The molecule has 3 aromatic rings. The highest BCUT2D eigenvalue weighted by atomic mass is 19.4. The number of nitriles is 1. The number of piperazine rings is 1. The highest BCUT2D eigenvalue weighted by molar-refractivity contribution is 5.95. The third kappa shape index (κ3) is 6.01. The number of pyridine rings is 1. The first-order valence-corrected chi connectivity index (χ1v) is 13.4. The van der Waals surface area contributed by atoms with Crippen molar-refractivity contribution >= 4 is 17.4 Å². The van der Waals surface area contributed by atoms with Crippen molar-refractivity contribution in [3.05, 3.63) is 75.8 Å². The molecule has 42 heavy (non-hydrogen) atoms. The van der Waals surface area contributed by atoms with Gasteiger partial charge in [-0.2, -0.15) is 23.5 Å². The Balaban J connectivity index is 1.25. The van der Waals surface area contributed by atoms with Gasteiger partial charge in [-0.1, -0.05) is 6.07 Å². The lowest BCUT2D eigenvalue weighted by molar-refractivity contribution is -0.138. The zero-order valence-electron chi connectivity index (χ0n) is 22.4. The minimum atomic E-state index is -4.84. The van der Waals surface area contributed by atoms with Gasteiger partial charge in [0, 0.05) is 37.9 Å². The van der Waals surface area contributed by atoms with Gasteiger partial charge in [0.25, 0.3) is 11.5 Å². The molecule has 2 atom stereocenters. The molecule has 0 saturated carbocycles. The third-order valence-electron chi connectivity index (χ3n) is 7.48. The molecule has 4 heterocycles. The number of amides is 1. The fraction of sp³-hybridized carbons (Fsp3) is 0.393. The topological polar surface area (TPSA) is 139 Å². The Morgan fingerprint density at radius 2 is 2.00 bits per heavy atom. The van der Waals surface area contributed by atoms with Crippen LogP contribution in [0, 0.1) is 11.3 Å². The normalized spacial score (nSPS) is 19.1. The van der Waals surface area contributed by atoms with Crippen molar-refractivity contribution in [2.45, 2.75) is 31.1 Å². The van der Waals surface area contributed by atoms with Crippen LogP contribution in [0.1, 0.15) is 34.3 Å². The van der Waals surface area contributed by atoms with E-state index in [4.69, 9.17) is 10.00 Å². The van der Waals surface area contributed by atoms with Gasteiger partial charge < -0.3 is 24.5 Å². The van der Waals surface area contributed by atoms with E-state index in [1.54, 1.807) is 41.3 Å². The van der Waals surface area contributed by atoms with Gasteiger partial charge in [0.1, 0.15) is 29.8 Å². The predicted octanol–water partition coefficient (Wildman–Crippen LogP) is 2.43. The third-order valence-corrected chi connectivity index (χ3v) is 7.48. The number of aromatic amines is 1. The van der Waals surface area contributed by atoms with Crippen LogP contribution in [0.5, 0.6) is 5.75 Å². The molecule has 2 saturated heterocycles. The van der Waals surface area contributed by atoms with Crippen LogP contribution in [0.4, 0.5) is 24.7 Å². The Labute approximate surface area is 238 Å². The second-order valence-corrected chi connectivity index (χ2v) is 10.1. The van der Waals surface area contributed by atoms with Crippen molar-refractivity contribution in [2.75, 3.05) is 49.2 Å². The summed E-state index contributed by atoms with van der Waals surface area (Å²) in [6, 6.07) is 11.0. The SMILES string of the molecule is N#Cc1ccc(N2CCN(C(=O)c3cccc(OC[C@@H]4CCCN4c4cn[nH]c(=O)c4C(F)(F)F)c3)C(CO)C2)nc1. The van der Waals surface area contributed by atoms with Crippen LogP contribution in [0.3, 0.4) is 0 Å². The molecular weight excluding hydrogens is 555 g/mol. The van der Waals surface area contributed by atoms with Crippen LogP contribution in [0.2, 0.25) is 0 Å². The van der Waals surface area contributed by atoms with E-state index in [0.29, 0.717) is 61.7 Å². The fourth-order valence-electron chi connectivity index (χ4n) is 5.41. The van der Waals surface area contributed by atoms with E-state index in [2.05, 4.69) is 10.1 Å². The van der Waals surface area contributed by atoms with E-state index in [9.17, 15) is 27.9 Å². The zero-order chi connectivity index (χ0) is 29.9. The number of aromatic nitrogens is 3. The number of carbonyl (C=O) groups excluding carboxylic acids is 1. The number of hydrogen-bond donors (Lipinski definition) is 2. The van der Waals surface area contributed by atoms with E-state index in [1.807, 2.05) is 16.1 Å². The summed E-state index contributed by atoms with van der Waals surface area (Å²) in [7, 11) is 0. The number of H-pyrrole nitrogens is 1. The molecule has 0 spiro atoms. The van der Waals surface area contributed by atoms with Crippen molar-refractivity contribution in [1.29, 1.82) is 5.26 Å². The van der Waals surface area contributed by atoms with Gasteiger partial charge in [0.15, 0.2) is 0 Å². The number of carbonyl (C=O) groups is 1. The minimum Gasteiger partial charge on any atom is -0.491 e. The summed E-state index contributed by atoms with van der Waals surface area (Å²) in [6.07, 6.45) is -1.19. The number of halogens is 3. The second kappa shape index (κ2) is 12.1. The van der Waals surface area contributed by atoms with Crippen LogP contribution in [0.25, 0.3) is 0 Å². The standard InChI is InChI=1S/C28H28F3N7O4/c29-28(30,31)25-23(14-34-35-26(25)40)37-8-2-4-20(37)17-42-22-5-1-3-19(11-22)27(41)38-10-9-36(15-21(38)16-39)24-7-6-18(12-32)13-33-24/h1,3,5-7,11,13-14,20-21,39H,2,4,8-10,15-17H2,(H,35,40)/t20-,21?/m0/s1. The van der Waals surface area contributed by atoms with Gasteiger partial charge in [-0.05, 0) is 43.2 Å². The van der Waals surface area contributed by atoms with Crippen LogP contribution in [-0.2, 0) is 6.18 Å². The summed E-state index contributed by atoms with van der Waals surface area (Å²) in [4.78, 5) is 34.7. The minimum absolute atomic E-state index is 0.0390. The van der Waals surface area contributed by atoms with Crippen molar-refractivity contribution in [3.63, 3.8) is 0 Å². The number of alkyl halides is 3. The Morgan fingerprint density at radius 3 is 2.71 bits per heavy atom. The number of nitrogens with zero attached hydrogens (tertiary/aromatic N) is 6. The molecule has 1 unspecified atom stereocenters. The molecule has 2 fully saturated rings. The lowest BCUT2D eigenvalue weighted by atomic mass is 10.1. The van der Waals surface area contributed by atoms with E-state index in [1.165, 1.54) is 11.1 Å². The van der Waals surface area contributed by atoms with Crippen LogP contribution >= 0.6 is 0 Å². The van der Waals surface area contributed by atoms with Crippen LogP contribution in [0.15, 0.2) is 53.6 Å². The first-order valence-electron chi connectivity index (χ1n) is 13.4. The number of rotatable bonds is 7. The van der Waals surface area contributed by atoms with E-state index in [0.717, 1.165) is 6.20 Å². The summed E-state index contributed by atoms with van der Waals surface area (Å²) in [5.41, 5.74) is -2.09. The summed E-state index contributed by atoms with van der Waals surface area (Å²) in [5, 5.41) is 24.5. The molecular formula is C28H28F3N7O4. The number of aliphatic hydroxyl groups is 1. The van der Waals surface area contributed by atoms with Crippen LogP contribution < -0.4 is 20.1 Å². The Kier molecular flexibility index (Phi) is 8.30. The fourth-order valence-corrected chi connectivity index (χ4v) is 5.41. The number of ether oxygens (including phenoxy) is 1. The lowest BCUT2D eigenvalue weighted by Gasteiger charge is -2.41. The van der Waals surface area contributed by atoms with Gasteiger partial charge >= 0.3 is 6.18 Å². The van der Waals surface area contributed by atoms with E-state index < -0.39 is 29.4 Å². The van der Waals surface area contributed by atoms with E-state index >= 15 is 0 Å². The molecule has 220 valence electrons. The summed E-state index contributed by atoms with van der Waals surface area (Å²) in [6.45, 7) is 1.26. The summed E-state index contributed by atoms with van der Waals surface area (Å²) < 4.78 is 46.8. The second-order valence-electron chi connectivity index (χ2n) is 10.1. The molecule has 0 aliphatic carbocycles. The molecule has 14 heteroatoms. The van der Waals surface area contributed by atoms with Crippen molar-refractivity contribution in [3.8, 4) is 11.8 Å². The van der Waals surface area contributed by atoms with E-state index in [-0.39, 0.29) is 24.8 Å². The maximum atomic E-state index is 13.6. The predicted molar refractivity (Wildman–Crippen MR) is 145 cm³/mol. The van der Waals surface area contributed by atoms with Gasteiger partial charge in [-0.3, -0.25) is 9.59 Å². The highest BCUT2D eigenvalue weighted by Crippen LogP contribution is 2.36. The molecule has 2 aromatic heterocycles. The molecule has 1 aromatic carbocycles. The Bertz CT molecular complexity index is 1520. The first-order chi connectivity index (χ1) is 20.2. The Hall–Kier alpha value is -4.64. The molecule has 1 amide bonds.